The number of aliphatic imine (C=N–C) groups is 1. The Morgan fingerprint density at radius 3 is 2.31 bits per heavy atom. The molecule has 3 aromatic carbocycles. The highest BCUT2D eigenvalue weighted by atomic mass is 35.5. The summed E-state index contributed by atoms with van der Waals surface area (Å²) in [6.45, 7) is 0. The molecular weight excluding hydrogens is 476 g/mol. The van der Waals surface area contributed by atoms with E-state index in [0.717, 1.165) is 5.69 Å². The molecule has 0 aliphatic heterocycles. The zero-order valence-electron chi connectivity index (χ0n) is 19.5. The van der Waals surface area contributed by atoms with Gasteiger partial charge in [-0.25, -0.2) is 9.67 Å². The van der Waals surface area contributed by atoms with E-state index in [9.17, 15) is 9.59 Å². The first-order chi connectivity index (χ1) is 17.4. The van der Waals surface area contributed by atoms with E-state index in [2.05, 4.69) is 10.1 Å². The maximum absolute atomic E-state index is 13.7. The van der Waals surface area contributed by atoms with Gasteiger partial charge >= 0.3 is 0 Å². The van der Waals surface area contributed by atoms with Crippen molar-refractivity contribution in [3.05, 3.63) is 106 Å². The third-order valence-corrected chi connectivity index (χ3v) is 5.73. The smallest absolute Gasteiger partial charge is 0.278 e. The molecule has 0 saturated heterocycles. The van der Waals surface area contributed by atoms with E-state index in [1.165, 1.54) is 17.1 Å². The first-order valence-electron chi connectivity index (χ1n) is 11.1. The van der Waals surface area contributed by atoms with E-state index in [1.807, 2.05) is 30.3 Å². The number of halogens is 1. The molecule has 178 valence electrons. The Kier molecular flexibility index (Phi) is 6.18. The lowest BCUT2D eigenvalue weighted by Gasteiger charge is -2.14. The Morgan fingerprint density at radius 2 is 1.64 bits per heavy atom. The van der Waals surface area contributed by atoms with E-state index in [4.69, 9.17) is 16.6 Å². The summed E-state index contributed by atoms with van der Waals surface area (Å²) in [5, 5.41) is 5.37. The molecule has 2 aromatic heterocycles. The molecule has 8 nitrogen and oxygen atoms in total. The summed E-state index contributed by atoms with van der Waals surface area (Å²) in [5.74, 6) is 0.0409. The fraction of sp³-hybridized carbons (Fsp3) is 0.0741. The topological polar surface area (TPSA) is 85.4 Å². The summed E-state index contributed by atoms with van der Waals surface area (Å²) in [6.07, 6.45) is 2.98. The number of aromatic nitrogens is 4. The van der Waals surface area contributed by atoms with E-state index in [0.29, 0.717) is 38.7 Å². The van der Waals surface area contributed by atoms with Gasteiger partial charge in [-0.05, 0) is 48.5 Å². The second-order valence-electron chi connectivity index (χ2n) is 8.27. The molecular formula is C27H21ClN6O2. The van der Waals surface area contributed by atoms with Gasteiger partial charge in [-0.1, -0.05) is 41.9 Å². The number of para-hydroxylation sites is 1. The van der Waals surface area contributed by atoms with E-state index in [1.54, 1.807) is 72.2 Å². The van der Waals surface area contributed by atoms with Gasteiger partial charge in [-0.15, -0.1) is 0 Å². The Balaban J connectivity index is 1.70. The molecule has 0 unspecified atom stereocenters. The van der Waals surface area contributed by atoms with Gasteiger partial charge in [0.2, 0.25) is 0 Å². The highest BCUT2D eigenvalue weighted by Crippen LogP contribution is 2.25. The second-order valence-corrected chi connectivity index (χ2v) is 8.71. The number of nitrogens with zero attached hydrogens (tertiary/aromatic N) is 6. The summed E-state index contributed by atoms with van der Waals surface area (Å²) in [7, 11) is 3.58. The molecule has 5 aromatic rings. The number of benzene rings is 3. The zero-order valence-corrected chi connectivity index (χ0v) is 20.3. The number of rotatable bonds is 5. The van der Waals surface area contributed by atoms with Crippen molar-refractivity contribution in [1.82, 2.24) is 24.2 Å². The SMILES string of the molecule is CN(C)/C=N\C(=O)c1ccc(-c2nc3c(cnn3-c3ccccc3)c(=O)n2-c2ccc(Cl)cc2)cc1. The second kappa shape index (κ2) is 9.59. The molecule has 0 radical (unpaired) electrons. The van der Waals surface area contributed by atoms with Gasteiger partial charge in [-0.3, -0.25) is 14.2 Å². The van der Waals surface area contributed by atoms with Gasteiger partial charge in [-0.2, -0.15) is 10.1 Å². The molecule has 0 atom stereocenters. The molecule has 1 amide bonds. The lowest BCUT2D eigenvalue weighted by molar-refractivity contribution is 0.100. The van der Waals surface area contributed by atoms with Gasteiger partial charge in [0.1, 0.15) is 11.2 Å². The van der Waals surface area contributed by atoms with Crippen LogP contribution in [0, 0.1) is 0 Å². The number of carbonyl (C=O) groups is 1. The normalized spacial score (nSPS) is 11.3. The highest BCUT2D eigenvalue weighted by Gasteiger charge is 2.19. The Labute approximate surface area is 211 Å². The molecule has 5 rings (SSSR count). The van der Waals surface area contributed by atoms with Crippen LogP contribution in [0.2, 0.25) is 5.02 Å². The van der Waals surface area contributed by atoms with Crippen molar-refractivity contribution in [3.63, 3.8) is 0 Å². The molecule has 36 heavy (non-hydrogen) atoms. The summed E-state index contributed by atoms with van der Waals surface area (Å²) in [4.78, 5) is 36.6. The van der Waals surface area contributed by atoms with Crippen molar-refractivity contribution < 1.29 is 4.79 Å². The third-order valence-electron chi connectivity index (χ3n) is 5.48. The quantitative estimate of drug-likeness (QED) is 0.262. The van der Waals surface area contributed by atoms with Gasteiger partial charge in [0.15, 0.2) is 5.65 Å². The van der Waals surface area contributed by atoms with Gasteiger partial charge in [0.25, 0.3) is 11.5 Å². The predicted molar refractivity (Wildman–Crippen MR) is 141 cm³/mol. The van der Waals surface area contributed by atoms with Crippen molar-refractivity contribution in [2.24, 2.45) is 4.99 Å². The van der Waals surface area contributed by atoms with Gasteiger partial charge in [0, 0.05) is 30.2 Å². The maximum atomic E-state index is 13.7. The van der Waals surface area contributed by atoms with Gasteiger partial charge < -0.3 is 4.90 Å². The van der Waals surface area contributed by atoms with Crippen molar-refractivity contribution >= 4 is 34.9 Å². The minimum absolute atomic E-state index is 0.268. The summed E-state index contributed by atoms with van der Waals surface area (Å²) in [5.41, 5.74) is 2.63. The maximum Gasteiger partial charge on any atom is 0.278 e. The first-order valence-corrected chi connectivity index (χ1v) is 11.5. The lowest BCUT2D eigenvalue weighted by atomic mass is 10.1. The van der Waals surface area contributed by atoms with E-state index < -0.39 is 0 Å². The fourth-order valence-electron chi connectivity index (χ4n) is 3.75. The van der Waals surface area contributed by atoms with Crippen LogP contribution < -0.4 is 5.56 Å². The molecule has 0 bridgehead atoms. The third kappa shape index (κ3) is 4.42. The van der Waals surface area contributed by atoms with Crippen LogP contribution in [0.15, 0.2) is 94.8 Å². The molecule has 0 aliphatic rings. The largest absolute Gasteiger partial charge is 0.369 e. The number of amides is 1. The van der Waals surface area contributed by atoms with Crippen LogP contribution in [0.5, 0.6) is 0 Å². The van der Waals surface area contributed by atoms with Crippen LogP contribution in [0.3, 0.4) is 0 Å². The average Bonchev–Trinajstić information content (AvgIpc) is 3.33. The van der Waals surface area contributed by atoms with Crippen molar-refractivity contribution in [2.75, 3.05) is 14.1 Å². The Bertz CT molecular complexity index is 1640. The summed E-state index contributed by atoms with van der Waals surface area (Å²) in [6, 6.07) is 23.3. The van der Waals surface area contributed by atoms with Crippen molar-refractivity contribution in [3.8, 4) is 22.8 Å². The number of fused-ring (bicyclic) bond motifs is 1. The molecule has 9 heteroatoms. The van der Waals surface area contributed by atoms with Gasteiger partial charge in [0.05, 0.1) is 23.9 Å². The first kappa shape index (κ1) is 23.2. The molecule has 0 saturated carbocycles. The predicted octanol–water partition coefficient (Wildman–Crippen LogP) is 4.62. The van der Waals surface area contributed by atoms with Crippen LogP contribution in [0.25, 0.3) is 33.8 Å². The van der Waals surface area contributed by atoms with Crippen LogP contribution in [0.4, 0.5) is 0 Å². The van der Waals surface area contributed by atoms with Crippen LogP contribution >= 0.6 is 11.6 Å². The van der Waals surface area contributed by atoms with Crippen LogP contribution in [-0.2, 0) is 0 Å². The molecule has 0 fully saturated rings. The van der Waals surface area contributed by atoms with Crippen molar-refractivity contribution in [1.29, 1.82) is 0 Å². The Hall–Kier alpha value is -4.56. The minimum atomic E-state index is -0.365. The molecule has 0 aliphatic carbocycles. The summed E-state index contributed by atoms with van der Waals surface area (Å²) < 4.78 is 3.16. The minimum Gasteiger partial charge on any atom is -0.369 e. The number of carbonyl (C=O) groups excluding carboxylic acids is 1. The van der Waals surface area contributed by atoms with Crippen LogP contribution in [0.1, 0.15) is 10.4 Å². The van der Waals surface area contributed by atoms with Crippen molar-refractivity contribution in [2.45, 2.75) is 0 Å². The monoisotopic (exact) mass is 496 g/mol. The average molecular weight is 497 g/mol. The van der Waals surface area contributed by atoms with E-state index >= 15 is 0 Å². The molecule has 2 heterocycles. The molecule has 0 N–H and O–H groups in total. The van der Waals surface area contributed by atoms with E-state index in [-0.39, 0.29) is 11.5 Å². The fourth-order valence-corrected chi connectivity index (χ4v) is 3.88. The standard InChI is InChI=1S/C27H21ClN6O2/c1-32(2)17-29-26(35)19-10-8-18(9-11-19)24-31-25-23(16-30-34(25)22-6-4-3-5-7-22)27(36)33(24)21-14-12-20(28)13-15-21/h3-17H,1-2H3/b29-17-. The highest BCUT2D eigenvalue weighted by molar-refractivity contribution is 6.30. The molecule has 0 spiro atoms. The zero-order chi connectivity index (χ0) is 25.2. The van der Waals surface area contributed by atoms with Crippen LogP contribution in [-0.4, -0.2) is 50.6 Å². The summed E-state index contributed by atoms with van der Waals surface area (Å²) >= 11 is 6.09. The Morgan fingerprint density at radius 1 is 0.944 bits per heavy atom. The number of hydrogen-bond acceptors (Lipinski definition) is 4. The lowest BCUT2D eigenvalue weighted by Crippen LogP contribution is -2.22. The number of hydrogen-bond donors (Lipinski definition) is 0.